The van der Waals surface area contributed by atoms with E-state index in [4.69, 9.17) is 0 Å². The van der Waals surface area contributed by atoms with Gasteiger partial charge < -0.3 is 5.11 Å². The van der Waals surface area contributed by atoms with Crippen molar-refractivity contribution in [1.82, 2.24) is 0 Å². The molecule has 0 aromatic heterocycles. The van der Waals surface area contributed by atoms with Gasteiger partial charge in [-0.05, 0) is 38.0 Å². The minimum Gasteiger partial charge on any atom is -0.390 e. The van der Waals surface area contributed by atoms with Gasteiger partial charge in [-0.1, -0.05) is 13.8 Å². The van der Waals surface area contributed by atoms with Gasteiger partial charge in [0, 0.05) is 0 Å². The van der Waals surface area contributed by atoms with E-state index in [-0.39, 0.29) is 5.60 Å². The third-order valence-corrected chi connectivity index (χ3v) is 2.69. The van der Waals surface area contributed by atoms with Crippen LogP contribution >= 0.6 is 0 Å². The molecule has 0 saturated heterocycles. The Morgan fingerprint density at radius 3 is 2.40 bits per heavy atom. The van der Waals surface area contributed by atoms with Crippen LogP contribution in [0.4, 0.5) is 0 Å². The molecular formula is C9H17O. The molecule has 59 valence electrons. The molecule has 1 aliphatic carbocycles. The highest BCUT2D eigenvalue weighted by Gasteiger charge is 2.29. The molecule has 1 fully saturated rings. The van der Waals surface area contributed by atoms with Crippen molar-refractivity contribution >= 4 is 0 Å². The number of hydrogen-bond acceptors (Lipinski definition) is 1. The topological polar surface area (TPSA) is 20.2 Å². The second-order valence-electron chi connectivity index (χ2n) is 3.52. The van der Waals surface area contributed by atoms with Gasteiger partial charge in [0.2, 0.25) is 0 Å². The fourth-order valence-electron chi connectivity index (χ4n) is 1.57. The van der Waals surface area contributed by atoms with E-state index < -0.39 is 0 Å². The highest BCUT2D eigenvalue weighted by Crippen LogP contribution is 2.33. The molecule has 0 aromatic carbocycles. The molecule has 0 bridgehead atoms. The number of rotatable bonds is 1. The Balaban J connectivity index is 2.38. The summed E-state index contributed by atoms with van der Waals surface area (Å²) in [6.45, 7) is 6.05. The van der Waals surface area contributed by atoms with Crippen LogP contribution in [0.15, 0.2) is 0 Å². The average molecular weight is 141 g/mol. The zero-order chi connectivity index (χ0) is 7.61. The smallest absolute Gasteiger partial charge is 0.0645 e. The molecule has 1 radical (unpaired) electrons. The van der Waals surface area contributed by atoms with Crippen LogP contribution in [0.25, 0.3) is 0 Å². The summed E-state index contributed by atoms with van der Waals surface area (Å²) in [5, 5.41) is 9.77. The van der Waals surface area contributed by atoms with Gasteiger partial charge in [-0.2, -0.15) is 0 Å². The zero-order valence-corrected chi connectivity index (χ0v) is 6.77. The molecule has 1 rings (SSSR count). The van der Waals surface area contributed by atoms with Crippen LogP contribution in [0.2, 0.25) is 0 Å². The van der Waals surface area contributed by atoms with Crippen LogP contribution in [0.1, 0.15) is 39.0 Å². The van der Waals surface area contributed by atoms with E-state index >= 15 is 0 Å². The summed E-state index contributed by atoms with van der Waals surface area (Å²) < 4.78 is 0. The van der Waals surface area contributed by atoms with Gasteiger partial charge in [0.15, 0.2) is 0 Å². The van der Waals surface area contributed by atoms with Crippen LogP contribution in [-0.4, -0.2) is 10.7 Å². The van der Waals surface area contributed by atoms with Gasteiger partial charge in [-0.15, -0.1) is 0 Å². The number of hydrogen-bond donors (Lipinski definition) is 1. The second kappa shape index (κ2) is 2.91. The van der Waals surface area contributed by atoms with Crippen LogP contribution in [-0.2, 0) is 0 Å². The first-order chi connectivity index (χ1) is 4.66. The zero-order valence-electron chi connectivity index (χ0n) is 6.77. The Morgan fingerprint density at radius 1 is 1.50 bits per heavy atom. The van der Waals surface area contributed by atoms with Gasteiger partial charge in [-0.3, -0.25) is 0 Å². The van der Waals surface area contributed by atoms with Crippen molar-refractivity contribution in [2.75, 3.05) is 0 Å². The molecule has 0 heterocycles. The Labute approximate surface area is 63.4 Å². The van der Waals surface area contributed by atoms with Gasteiger partial charge in [0.05, 0.1) is 5.60 Å². The van der Waals surface area contributed by atoms with Gasteiger partial charge >= 0.3 is 0 Å². The van der Waals surface area contributed by atoms with Crippen molar-refractivity contribution in [2.45, 2.75) is 44.6 Å². The van der Waals surface area contributed by atoms with E-state index in [1.54, 1.807) is 0 Å². The standard InChI is InChI=1S/C9H17O/c1-3-9(10)6-4-8(2)5-7-9/h8,10H,2-7H2,1H3. The van der Waals surface area contributed by atoms with Crippen molar-refractivity contribution in [3.8, 4) is 0 Å². The molecule has 0 amide bonds. The molecular weight excluding hydrogens is 124 g/mol. The van der Waals surface area contributed by atoms with Crippen molar-refractivity contribution < 1.29 is 5.11 Å². The first-order valence-electron chi connectivity index (χ1n) is 4.22. The second-order valence-corrected chi connectivity index (χ2v) is 3.52. The van der Waals surface area contributed by atoms with Crippen LogP contribution < -0.4 is 0 Å². The van der Waals surface area contributed by atoms with Crippen molar-refractivity contribution in [3.63, 3.8) is 0 Å². The highest BCUT2D eigenvalue weighted by atomic mass is 16.3. The molecule has 1 aliphatic rings. The third-order valence-electron chi connectivity index (χ3n) is 2.69. The van der Waals surface area contributed by atoms with Crippen LogP contribution in [0.5, 0.6) is 0 Å². The average Bonchev–Trinajstić information content (AvgIpc) is 1.96. The summed E-state index contributed by atoms with van der Waals surface area (Å²) in [7, 11) is 0. The Hall–Kier alpha value is -0.0400. The maximum Gasteiger partial charge on any atom is 0.0645 e. The van der Waals surface area contributed by atoms with E-state index in [0.29, 0.717) is 5.92 Å². The lowest BCUT2D eigenvalue weighted by molar-refractivity contribution is -0.00757. The maximum absolute atomic E-state index is 9.77. The quantitative estimate of drug-likeness (QED) is 0.593. The van der Waals surface area contributed by atoms with E-state index in [1.807, 2.05) is 0 Å². The van der Waals surface area contributed by atoms with Crippen molar-refractivity contribution in [2.24, 2.45) is 5.92 Å². The monoisotopic (exact) mass is 141 g/mol. The molecule has 0 aliphatic heterocycles. The van der Waals surface area contributed by atoms with Crippen LogP contribution in [0, 0.1) is 12.8 Å². The fourth-order valence-corrected chi connectivity index (χ4v) is 1.57. The minimum absolute atomic E-state index is 0.339. The SMILES string of the molecule is [CH2]C1CCC(O)(CC)CC1. The Bertz CT molecular complexity index is 101. The molecule has 0 aromatic rings. The van der Waals surface area contributed by atoms with Crippen LogP contribution in [0.3, 0.4) is 0 Å². The molecule has 0 spiro atoms. The van der Waals surface area contributed by atoms with E-state index in [1.165, 1.54) is 0 Å². The summed E-state index contributed by atoms with van der Waals surface area (Å²) in [5.41, 5.74) is -0.339. The molecule has 0 atom stereocenters. The van der Waals surface area contributed by atoms with Crippen molar-refractivity contribution in [1.29, 1.82) is 0 Å². The third kappa shape index (κ3) is 1.72. The highest BCUT2D eigenvalue weighted by molar-refractivity contribution is 4.84. The largest absolute Gasteiger partial charge is 0.390 e. The lowest BCUT2D eigenvalue weighted by Gasteiger charge is -2.33. The fraction of sp³-hybridized carbons (Fsp3) is 0.889. The molecule has 1 N–H and O–H groups in total. The first kappa shape index (κ1) is 8.06. The summed E-state index contributed by atoms with van der Waals surface area (Å²) in [4.78, 5) is 0. The van der Waals surface area contributed by atoms with E-state index in [9.17, 15) is 5.11 Å². The molecule has 1 heteroatoms. The Morgan fingerprint density at radius 2 is 2.00 bits per heavy atom. The molecule has 10 heavy (non-hydrogen) atoms. The van der Waals surface area contributed by atoms with Gasteiger partial charge in [0.25, 0.3) is 0 Å². The van der Waals surface area contributed by atoms with E-state index in [0.717, 1.165) is 32.1 Å². The lowest BCUT2D eigenvalue weighted by Crippen LogP contribution is -2.32. The summed E-state index contributed by atoms with van der Waals surface area (Å²) in [5.74, 6) is 0.590. The molecule has 1 saturated carbocycles. The summed E-state index contributed by atoms with van der Waals surface area (Å²) in [6.07, 6.45) is 5.02. The number of aliphatic hydroxyl groups is 1. The summed E-state index contributed by atoms with van der Waals surface area (Å²) in [6, 6.07) is 0. The van der Waals surface area contributed by atoms with Gasteiger partial charge in [-0.25, -0.2) is 0 Å². The first-order valence-corrected chi connectivity index (χ1v) is 4.22. The van der Waals surface area contributed by atoms with E-state index in [2.05, 4.69) is 13.8 Å². The lowest BCUT2D eigenvalue weighted by atomic mass is 9.78. The normalized spacial score (nSPS) is 41.7. The van der Waals surface area contributed by atoms with Crippen molar-refractivity contribution in [3.05, 3.63) is 6.92 Å². The molecule has 0 unspecified atom stereocenters. The predicted molar refractivity (Wildman–Crippen MR) is 42.6 cm³/mol. The maximum atomic E-state index is 9.77. The predicted octanol–water partition coefficient (Wildman–Crippen LogP) is 2.15. The van der Waals surface area contributed by atoms with Gasteiger partial charge in [0.1, 0.15) is 0 Å². The summed E-state index contributed by atoms with van der Waals surface area (Å²) >= 11 is 0. The minimum atomic E-state index is -0.339. The Kier molecular flexibility index (Phi) is 2.35. The molecule has 1 nitrogen and oxygen atoms in total.